The molecule has 0 radical (unpaired) electrons. The lowest BCUT2D eigenvalue weighted by Crippen LogP contribution is -2.39. The molecule has 2 aromatic rings. The number of hydrogen-bond donors (Lipinski definition) is 0. The molecule has 1 amide bonds. The number of fused-ring (bicyclic) bond motifs is 1. The molecule has 4 rings (SSSR count). The summed E-state index contributed by atoms with van der Waals surface area (Å²) in [7, 11) is 1.84. The Bertz CT molecular complexity index is 745. The van der Waals surface area contributed by atoms with E-state index in [1.807, 2.05) is 25.8 Å². The highest BCUT2D eigenvalue weighted by Gasteiger charge is 2.44. The highest BCUT2D eigenvalue weighted by atomic mass is 16.5. The minimum absolute atomic E-state index is 0.106. The van der Waals surface area contributed by atoms with Gasteiger partial charge in [-0.2, -0.15) is 5.10 Å². The highest BCUT2D eigenvalue weighted by molar-refractivity contribution is 5.94. The third-order valence-electron chi connectivity index (χ3n) is 5.45. The number of likely N-dealkylation sites (tertiary alicyclic amines) is 2. The van der Waals surface area contributed by atoms with E-state index in [-0.39, 0.29) is 5.91 Å². The van der Waals surface area contributed by atoms with E-state index < -0.39 is 0 Å². The molecule has 7 heteroatoms. The van der Waals surface area contributed by atoms with Crippen LogP contribution in [0.2, 0.25) is 0 Å². The van der Waals surface area contributed by atoms with Crippen LogP contribution >= 0.6 is 0 Å². The maximum Gasteiger partial charge on any atom is 0.257 e. The predicted octanol–water partition coefficient (Wildman–Crippen LogP) is 1.51. The monoisotopic (exact) mass is 329 g/mol. The average Bonchev–Trinajstić information content (AvgIpc) is 3.30. The number of aryl methyl sites for hydroxylation is 3. The van der Waals surface area contributed by atoms with Gasteiger partial charge in [0, 0.05) is 50.5 Å². The normalized spacial score (nSPS) is 23.9. The van der Waals surface area contributed by atoms with E-state index in [0.29, 0.717) is 17.6 Å². The van der Waals surface area contributed by atoms with Gasteiger partial charge in [0.05, 0.1) is 17.5 Å². The molecular formula is C17H23N5O2. The van der Waals surface area contributed by atoms with E-state index in [1.54, 1.807) is 17.1 Å². The predicted molar refractivity (Wildman–Crippen MR) is 87.4 cm³/mol. The van der Waals surface area contributed by atoms with Gasteiger partial charge in [-0.25, -0.2) is 0 Å². The number of nitrogens with zero attached hydrogens (tertiary/aromatic N) is 5. The third kappa shape index (κ3) is 2.43. The fourth-order valence-electron chi connectivity index (χ4n) is 4.15. The number of amides is 1. The van der Waals surface area contributed by atoms with E-state index in [2.05, 4.69) is 15.2 Å². The summed E-state index contributed by atoms with van der Waals surface area (Å²) in [4.78, 5) is 17.3. The molecular weight excluding hydrogens is 306 g/mol. The topological polar surface area (TPSA) is 67.4 Å². The Kier molecular flexibility index (Phi) is 3.68. The van der Waals surface area contributed by atoms with Gasteiger partial charge in [-0.05, 0) is 26.7 Å². The Morgan fingerprint density at radius 3 is 2.75 bits per heavy atom. The lowest BCUT2D eigenvalue weighted by molar-refractivity contribution is 0.0731. The molecule has 0 bridgehead atoms. The van der Waals surface area contributed by atoms with E-state index in [4.69, 9.17) is 4.52 Å². The van der Waals surface area contributed by atoms with Gasteiger partial charge in [0.1, 0.15) is 5.76 Å². The molecule has 2 aliphatic rings. The fraction of sp³-hybridized carbons (Fsp3) is 0.588. The van der Waals surface area contributed by atoms with Crippen molar-refractivity contribution in [1.29, 1.82) is 0 Å². The zero-order valence-corrected chi connectivity index (χ0v) is 14.4. The first-order valence-electron chi connectivity index (χ1n) is 8.50. The van der Waals surface area contributed by atoms with Gasteiger partial charge in [0.2, 0.25) is 0 Å². The Hall–Kier alpha value is -2.15. The summed E-state index contributed by atoms with van der Waals surface area (Å²) in [6.07, 6.45) is 5.51. The lowest BCUT2D eigenvalue weighted by Gasteiger charge is -2.25. The van der Waals surface area contributed by atoms with Crippen molar-refractivity contribution in [3.8, 4) is 0 Å². The van der Waals surface area contributed by atoms with Crippen LogP contribution in [-0.4, -0.2) is 55.8 Å². The molecule has 128 valence electrons. The second kappa shape index (κ2) is 5.73. The molecule has 0 saturated carbocycles. The molecule has 24 heavy (non-hydrogen) atoms. The molecule has 4 heterocycles. The minimum Gasteiger partial charge on any atom is -0.361 e. The van der Waals surface area contributed by atoms with E-state index in [1.165, 1.54) is 5.56 Å². The standard InChI is InChI=1S/C17H23N5O2/c1-11-14(12(2)24-19-11)10-21-6-4-16-15(21)5-7-22(16)17(23)13-8-18-20(3)9-13/h8-9,15-16H,4-7,10H2,1-3H3/t15-,16+/m1/s1. The highest BCUT2D eigenvalue weighted by Crippen LogP contribution is 2.34. The van der Waals surface area contributed by atoms with E-state index in [0.717, 1.165) is 43.9 Å². The molecule has 0 N–H and O–H groups in total. The molecule has 0 aromatic carbocycles. The Labute approximate surface area is 141 Å². The van der Waals surface area contributed by atoms with E-state index in [9.17, 15) is 4.79 Å². The van der Waals surface area contributed by atoms with Gasteiger partial charge >= 0.3 is 0 Å². The van der Waals surface area contributed by atoms with Crippen molar-refractivity contribution >= 4 is 5.91 Å². The molecule has 0 unspecified atom stereocenters. The summed E-state index contributed by atoms with van der Waals surface area (Å²) in [6, 6.07) is 0.734. The first-order valence-corrected chi connectivity index (χ1v) is 8.50. The maximum atomic E-state index is 12.8. The third-order valence-corrected chi connectivity index (χ3v) is 5.45. The van der Waals surface area contributed by atoms with Gasteiger partial charge in [-0.3, -0.25) is 14.4 Å². The summed E-state index contributed by atoms with van der Waals surface area (Å²) in [5, 5.41) is 8.17. The summed E-state index contributed by atoms with van der Waals surface area (Å²) < 4.78 is 6.97. The second-order valence-electron chi connectivity index (χ2n) is 6.89. The molecule has 2 atom stereocenters. The van der Waals surface area contributed by atoms with Gasteiger partial charge < -0.3 is 9.42 Å². The fourth-order valence-corrected chi connectivity index (χ4v) is 4.15. The average molecular weight is 329 g/mol. The molecule has 0 spiro atoms. The van der Waals surface area contributed by atoms with Crippen molar-refractivity contribution in [2.24, 2.45) is 7.05 Å². The Balaban J connectivity index is 1.48. The number of rotatable bonds is 3. The number of hydrogen-bond acceptors (Lipinski definition) is 5. The second-order valence-corrected chi connectivity index (χ2v) is 6.89. The first-order chi connectivity index (χ1) is 11.5. The largest absolute Gasteiger partial charge is 0.361 e. The van der Waals surface area contributed by atoms with Crippen molar-refractivity contribution in [2.45, 2.75) is 45.3 Å². The maximum absolute atomic E-state index is 12.8. The van der Waals surface area contributed by atoms with Gasteiger partial charge in [0.15, 0.2) is 0 Å². The quantitative estimate of drug-likeness (QED) is 0.854. The molecule has 2 aromatic heterocycles. The van der Waals surface area contributed by atoms with Crippen LogP contribution in [0.4, 0.5) is 0 Å². The smallest absolute Gasteiger partial charge is 0.257 e. The number of carbonyl (C=O) groups is 1. The van der Waals surface area contributed by atoms with E-state index >= 15 is 0 Å². The van der Waals surface area contributed by atoms with Gasteiger partial charge in [-0.15, -0.1) is 0 Å². The zero-order valence-electron chi connectivity index (χ0n) is 14.4. The molecule has 2 fully saturated rings. The molecule has 2 aliphatic heterocycles. The summed E-state index contributed by atoms with van der Waals surface area (Å²) >= 11 is 0. The Morgan fingerprint density at radius 1 is 1.29 bits per heavy atom. The SMILES string of the molecule is Cc1noc(C)c1CN1CC[C@H]2[C@H]1CCN2C(=O)c1cnn(C)c1. The summed E-state index contributed by atoms with van der Waals surface area (Å²) in [5.74, 6) is 1.01. The first kappa shape index (κ1) is 15.4. The van der Waals surface area contributed by atoms with Crippen molar-refractivity contribution < 1.29 is 9.32 Å². The van der Waals surface area contributed by atoms with Crippen LogP contribution in [0.5, 0.6) is 0 Å². The van der Waals surface area contributed by atoms with Crippen LogP contribution in [0.25, 0.3) is 0 Å². The zero-order chi connectivity index (χ0) is 16.8. The van der Waals surface area contributed by atoms with Crippen molar-refractivity contribution in [3.63, 3.8) is 0 Å². The van der Waals surface area contributed by atoms with Crippen LogP contribution in [-0.2, 0) is 13.6 Å². The lowest BCUT2D eigenvalue weighted by atomic mass is 10.1. The number of aromatic nitrogens is 3. The van der Waals surface area contributed by atoms with Crippen LogP contribution in [0.15, 0.2) is 16.9 Å². The molecule has 0 aliphatic carbocycles. The van der Waals surface area contributed by atoms with Crippen LogP contribution in [0.1, 0.15) is 40.2 Å². The Morgan fingerprint density at radius 2 is 2.08 bits per heavy atom. The molecule has 2 saturated heterocycles. The summed E-state index contributed by atoms with van der Waals surface area (Å²) in [5.41, 5.74) is 2.84. The van der Waals surface area contributed by atoms with Gasteiger partial charge in [0.25, 0.3) is 5.91 Å². The summed E-state index contributed by atoms with van der Waals surface area (Å²) in [6.45, 7) is 6.65. The molecule has 7 nitrogen and oxygen atoms in total. The van der Waals surface area contributed by atoms with Crippen molar-refractivity contribution in [2.75, 3.05) is 13.1 Å². The van der Waals surface area contributed by atoms with Crippen molar-refractivity contribution in [3.05, 3.63) is 35.0 Å². The van der Waals surface area contributed by atoms with Crippen molar-refractivity contribution in [1.82, 2.24) is 24.7 Å². The van der Waals surface area contributed by atoms with Crippen LogP contribution in [0, 0.1) is 13.8 Å². The minimum atomic E-state index is 0.106. The van der Waals surface area contributed by atoms with Crippen LogP contribution < -0.4 is 0 Å². The van der Waals surface area contributed by atoms with Gasteiger partial charge in [-0.1, -0.05) is 5.16 Å². The number of carbonyl (C=O) groups excluding carboxylic acids is 1. The van der Waals surface area contributed by atoms with Crippen LogP contribution in [0.3, 0.4) is 0 Å².